The molecule has 252 valence electrons. The molecule has 1 aromatic heterocycles. The van der Waals surface area contributed by atoms with Gasteiger partial charge in [-0.15, -0.1) is 0 Å². The number of hydrogen-bond acceptors (Lipinski definition) is 2. The molecule has 8 aromatic carbocycles. The molecule has 2 heterocycles. The number of nitrogens with zero attached hydrogens (tertiary/aromatic N) is 2. The number of anilines is 3. The van der Waals surface area contributed by atoms with Gasteiger partial charge in [0, 0.05) is 61.8 Å². The highest BCUT2D eigenvalue weighted by Crippen LogP contribution is 2.53. The average molecular weight is 681 g/mol. The van der Waals surface area contributed by atoms with Crippen LogP contribution in [0.2, 0.25) is 0 Å². The molecule has 10 rings (SSSR count). The highest BCUT2D eigenvalue weighted by molar-refractivity contribution is 6.09. The maximum atomic E-state index is 7.53. The van der Waals surface area contributed by atoms with Gasteiger partial charge in [-0.25, -0.2) is 0 Å². The molecule has 0 fully saturated rings. The largest absolute Gasteiger partial charge is 0.472 e. The van der Waals surface area contributed by atoms with E-state index in [9.17, 15) is 0 Å². The molecule has 3 nitrogen and oxygen atoms in total. The van der Waals surface area contributed by atoms with Crippen LogP contribution in [0.1, 0.15) is 22.3 Å². The number of ether oxygens (including phenoxy) is 1. The molecule has 0 spiro atoms. The van der Waals surface area contributed by atoms with E-state index in [1.807, 2.05) is 0 Å². The Morgan fingerprint density at radius 3 is 1.79 bits per heavy atom. The van der Waals surface area contributed by atoms with Crippen LogP contribution in [0.5, 0.6) is 5.75 Å². The van der Waals surface area contributed by atoms with Gasteiger partial charge in [0.2, 0.25) is 0 Å². The summed E-state index contributed by atoms with van der Waals surface area (Å²) in [6.45, 7) is 2.16. The Kier molecular flexibility index (Phi) is 7.26. The van der Waals surface area contributed by atoms with E-state index in [4.69, 9.17) is 4.74 Å². The maximum Gasteiger partial charge on any atom is 0.185 e. The Morgan fingerprint density at radius 1 is 0.453 bits per heavy atom. The minimum absolute atomic E-state index is 0.837. The van der Waals surface area contributed by atoms with E-state index in [0.29, 0.717) is 0 Å². The Morgan fingerprint density at radius 2 is 1.06 bits per heavy atom. The van der Waals surface area contributed by atoms with Crippen molar-refractivity contribution in [2.24, 2.45) is 0 Å². The van der Waals surface area contributed by atoms with E-state index in [-0.39, 0.29) is 0 Å². The molecule has 0 amide bonds. The van der Waals surface area contributed by atoms with Crippen LogP contribution in [-0.2, 0) is 5.60 Å². The quantitative estimate of drug-likeness (QED) is 0.174. The molecule has 0 aliphatic carbocycles. The number of rotatable bonds is 6. The van der Waals surface area contributed by atoms with E-state index in [1.54, 1.807) is 0 Å². The van der Waals surface area contributed by atoms with E-state index < -0.39 is 5.60 Å². The first-order valence-electron chi connectivity index (χ1n) is 18.2. The third-order valence-electron chi connectivity index (χ3n) is 10.7. The fraction of sp³-hybridized carbons (Fsp3) is 0.0400. The highest BCUT2D eigenvalue weighted by Gasteiger charge is 2.44. The second-order valence-electron chi connectivity index (χ2n) is 13.8. The number of hydrogen-bond donors (Lipinski definition) is 0. The summed E-state index contributed by atoms with van der Waals surface area (Å²) in [6.07, 6.45) is 0. The van der Waals surface area contributed by atoms with Gasteiger partial charge in [0.15, 0.2) is 5.60 Å². The summed E-state index contributed by atoms with van der Waals surface area (Å²) in [6, 6.07) is 71.5. The van der Waals surface area contributed by atoms with Crippen molar-refractivity contribution < 1.29 is 4.74 Å². The summed E-state index contributed by atoms with van der Waals surface area (Å²) in [4.78, 5) is 2.29. The summed E-state index contributed by atoms with van der Waals surface area (Å²) in [7, 11) is 0. The SMILES string of the molecule is Cc1ccc2c(c1)c1ccccc1n2-c1ccc(C2(c3ccccc3)Oc3cc(N(c4ccccc4)c4ccccc4)ccc3-c3ccccc32)cc1. The summed E-state index contributed by atoms with van der Waals surface area (Å²) in [5, 5.41) is 2.52. The Balaban J connectivity index is 1.17. The van der Waals surface area contributed by atoms with Crippen LogP contribution in [0.15, 0.2) is 200 Å². The van der Waals surface area contributed by atoms with Crippen molar-refractivity contribution >= 4 is 38.9 Å². The monoisotopic (exact) mass is 680 g/mol. The predicted molar refractivity (Wildman–Crippen MR) is 219 cm³/mol. The van der Waals surface area contributed by atoms with Crippen molar-refractivity contribution in [3.63, 3.8) is 0 Å². The van der Waals surface area contributed by atoms with E-state index in [2.05, 4.69) is 217 Å². The van der Waals surface area contributed by atoms with Gasteiger partial charge in [-0.05, 0) is 79.2 Å². The first kappa shape index (κ1) is 30.9. The van der Waals surface area contributed by atoms with E-state index >= 15 is 0 Å². The van der Waals surface area contributed by atoms with Crippen molar-refractivity contribution in [1.29, 1.82) is 0 Å². The highest BCUT2D eigenvalue weighted by atomic mass is 16.5. The molecular formula is C50H36N2O. The van der Waals surface area contributed by atoms with Gasteiger partial charge in [0.1, 0.15) is 5.75 Å². The number of benzene rings is 8. The van der Waals surface area contributed by atoms with Crippen LogP contribution < -0.4 is 9.64 Å². The molecule has 0 saturated heterocycles. The van der Waals surface area contributed by atoms with Crippen molar-refractivity contribution in [2.75, 3.05) is 4.90 Å². The second kappa shape index (κ2) is 12.4. The van der Waals surface area contributed by atoms with Crippen molar-refractivity contribution in [3.05, 3.63) is 222 Å². The third kappa shape index (κ3) is 4.97. The lowest BCUT2D eigenvalue weighted by Gasteiger charge is -2.42. The predicted octanol–water partition coefficient (Wildman–Crippen LogP) is 12.9. The average Bonchev–Trinajstić information content (AvgIpc) is 3.55. The van der Waals surface area contributed by atoms with Crippen LogP contribution in [0.25, 0.3) is 38.6 Å². The van der Waals surface area contributed by atoms with Gasteiger partial charge >= 0.3 is 0 Å². The van der Waals surface area contributed by atoms with E-state index in [0.717, 1.165) is 56.3 Å². The number of aryl methyl sites for hydroxylation is 1. The van der Waals surface area contributed by atoms with Crippen LogP contribution in [-0.4, -0.2) is 4.57 Å². The fourth-order valence-corrected chi connectivity index (χ4v) is 8.28. The van der Waals surface area contributed by atoms with Crippen molar-refractivity contribution in [3.8, 4) is 22.6 Å². The molecule has 0 bridgehead atoms. The maximum absolute atomic E-state index is 7.53. The minimum atomic E-state index is -0.899. The zero-order chi connectivity index (χ0) is 35.4. The summed E-state index contributed by atoms with van der Waals surface area (Å²) < 4.78 is 9.91. The second-order valence-corrected chi connectivity index (χ2v) is 13.8. The van der Waals surface area contributed by atoms with Crippen molar-refractivity contribution in [1.82, 2.24) is 4.57 Å². The van der Waals surface area contributed by atoms with Gasteiger partial charge in [-0.2, -0.15) is 0 Å². The molecular weight excluding hydrogens is 645 g/mol. The lowest BCUT2D eigenvalue weighted by molar-refractivity contribution is 0.152. The normalized spacial score (nSPS) is 14.7. The fourth-order valence-electron chi connectivity index (χ4n) is 8.28. The lowest BCUT2D eigenvalue weighted by atomic mass is 9.75. The van der Waals surface area contributed by atoms with Gasteiger partial charge in [-0.3, -0.25) is 0 Å². The molecule has 1 atom stereocenters. The molecule has 3 heteroatoms. The summed E-state index contributed by atoms with van der Waals surface area (Å²) in [5.41, 5.74) is 12.6. The minimum Gasteiger partial charge on any atom is -0.472 e. The summed E-state index contributed by atoms with van der Waals surface area (Å²) >= 11 is 0. The Bertz CT molecular complexity index is 2710. The first-order chi connectivity index (χ1) is 26.2. The van der Waals surface area contributed by atoms with Crippen LogP contribution in [0.3, 0.4) is 0 Å². The van der Waals surface area contributed by atoms with Gasteiger partial charge in [0.25, 0.3) is 0 Å². The van der Waals surface area contributed by atoms with Crippen molar-refractivity contribution in [2.45, 2.75) is 12.5 Å². The Labute approximate surface area is 309 Å². The van der Waals surface area contributed by atoms with Crippen LogP contribution in [0.4, 0.5) is 17.1 Å². The number of fused-ring (bicyclic) bond motifs is 6. The Hall–Kier alpha value is -6.84. The number of para-hydroxylation sites is 3. The zero-order valence-corrected chi connectivity index (χ0v) is 29.4. The number of aromatic nitrogens is 1. The topological polar surface area (TPSA) is 17.4 Å². The van der Waals surface area contributed by atoms with E-state index in [1.165, 1.54) is 27.4 Å². The van der Waals surface area contributed by atoms with Crippen LogP contribution in [0, 0.1) is 6.92 Å². The van der Waals surface area contributed by atoms with Gasteiger partial charge in [-0.1, -0.05) is 133 Å². The zero-order valence-electron chi connectivity index (χ0n) is 29.4. The van der Waals surface area contributed by atoms with Gasteiger partial charge in [0.05, 0.1) is 11.0 Å². The van der Waals surface area contributed by atoms with Gasteiger partial charge < -0.3 is 14.2 Å². The molecule has 9 aromatic rings. The molecule has 0 N–H and O–H groups in total. The smallest absolute Gasteiger partial charge is 0.185 e. The van der Waals surface area contributed by atoms with Crippen LogP contribution >= 0.6 is 0 Å². The molecule has 1 aliphatic heterocycles. The molecule has 0 radical (unpaired) electrons. The molecule has 53 heavy (non-hydrogen) atoms. The molecule has 1 unspecified atom stereocenters. The molecule has 1 aliphatic rings. The first-order valence-corrected chi connectivity index (χ1v) is 18.2. The molecule has 0 saturated carbocycles. The summed E-state index contributed by atoms with van der Waals surface area (Å²) in [5.74, 6) is 0.837. The standard InChI is InChI=1S/C50H36N2O/c1-35-25-32-48-45(33-35)43-22-12-14-24-47(43)52(48)40-28-26-37(27-29-40)50(36-15-5-2-6-16-36)46-23-13-11-21-42(46)44-31-30-41(34-49(44)53-50)51(38-17-7-3-8-18-38)39-19-9-4-10-20-39/h2-34H,1H3. The lowest BCUT2D eigenvalue weighted by Crippen LogP contribution is -2.38. The third-order valence-corrected chi connectivity index (χ3v) is 10.7.